The molecule has 3 amide bonds. The zero-order valence-electron chi connectivity index (χ0n) is 29.5. The average molecular weight is 680 g/mol. The van der Waals surface area contributed by atoms with E-state index in [0.29, 0.717) is 40.9 Å². The molecule has 3 aliphatic heterocycles. The number of hydrogen-bond donors (Lipinski definition) is 2. The molecule has 2 N–H and O–H groups in total. The van der Waals surface area contributed by atoms with E-state index in [1.165, 1.54) is 17.7 Å². The van der Waals surface area contributed by atoms with Gasteiger partial charge in [0.2, 0.25) is 5.91 Å². The Hall–Kier alpha value is -3.89. The Kier molecular flexibility index (Phi) is 9.69. The molecular formula is C41H49N3O6. The molecular weight excluding hydrogens is 630 g/mol. The molecule has 0 unspecified atom stereocenters. The van der Waals surface area contributed by atoms with E-state index in [1.807, 2.05) is 63.2 Å². The molecule has 7 atom stereocenters. The van der Waals surface area contributed by atoms with Crippen molar-refractivity contribution >= 4 is 23.4 Å². The highest BCUT2D eigenvalue weighted by Gasteiger charge is 2.46. The summed E-state index contributed by atoms with van der Waals surface area (Å²) >= 11 is 0. The van der Waals surface area contributed by atoms with Crippen LogP contribution < -0.4 is 10.2 Å². The average Bonchev–Trinajstić information content (AvgIpc) is 3.37. The second-order valence-corrected chi connectivity index (χ2v) is 15.5. The lowest BCUT2D eigenvalue weighted by Gasteiger charge is -2.51. The van der Waals surface area contributed by atoms with Crippen molar-refractivity contribution in [2.24, 2.45) is 11.8 Å². The van der Waals surface area contributed by atoms with Crippen LogP contribution in [0.4, 0.5) is 5.69 Å². The predicted molar refractivity (Wildman–Crippen MR) is 190 cm³/mol. The molecule has 9 nitrogen and oxygen atoms in total. The third-order valence-electron chi connectivity index (χ3n) is 11.0. The first-order chi connectivity index (χ1) is 24.0. The molecule has 4 aliphatic rings. The van der Waals surface area contributed by atoms with E-state index in [1.54, 1.807) is 30.3 Å². The summed E-state index contributed by atoms with van der Waals surface area (Å²) in [5, 5.41) is 13.0. The fourth-order valence-corrected chi connectivity index (χ4v) is 8.50. The van der Waals surface area contributed by atoms with Gasteiger partial charge in [-0.05, 0) is 87.8 Å². The minimum Gasteiger partial charge on any atom is -0.392 e. The monoisotopic (exact) mass is 679 g/mol. The Labute approximate surface area is 294 Å². The van der Waals surface area contributed by atoms with E-state index in [9.17, 15) is 19.5 Å². The number of amides is 3. The minimum atomic E-state index is -0.789. The molecule has 0 bridgehead atoms. The lowest BCUT2D eigenvalue weighted by Crippen LogP contribution is -2.61. The Morgan fingerprint density at radius 3 is 2.24 bits per heavy atom. The highest BCUT2D eigenvalue weighted by molar-refractivity contribution is 6.34. The van der Waals surface area contributed by atoms with Crippen LogP contribution in [0.1, 0.15) is 116 Å². The number of hydrogen-bond acceptors (Lipinski definition) is 7. The van der Waals surface area contributed by atoms with Crippen LogP contribution in [-0.4, -0.2) is 58.0 Å². The third kappa shape index (κ3) is 6.76. The van der Waals surface area contributed by atoms with Crippen molar-refractivity contribution in [1.29, 1.82) is 0 Å². The van der Waals surface area contributed by atoms with Crippen molar-refractivity contribution in [3.05, 3.63) is 101 Å². The number of anilines is 1. The predicted octanol–water partition coefficient (Wildman–Crippen LogP) is 6.71. The fraction of sp³-hybridized carbons (Fsp3) is 0.488. The third-order valence-corrected chi connectivity index (χ3v) is 11.0. The van der Waals surface area contributed by atoms with E-state index in [2.05, 4.69) is 17.1 Å². The SMILES string of the molecule is C[C@@H]1[C@H](CN2[C@@H](C(=O)NC(C)(C)C)CC[C@H]3CCCC[C@H]32)O[C@H](c2cccc(N3C(=O)c4ccccc4C3=O)c2)O[C@@H]1c1ccc(CO)cc1. The van der Waals surface area contributed by atoms with Gasteiger partial charge in [-0.25, -0.2) is 4.90 Å². The topological polar surface area (TPSA) is 108 Å². The summed E-state index contributed by atoms with van der Waals surface area (Å²) in [7, 11) is 0. The molecule has 0 aromatic heterocycles. The maximum atomic E-state index is 13.9. The van der Waals surface area contributed by atoms with Crippen molar-refractivity contribution in [2.75, 3.05) is 11.4 Å². The number of rotatable bonds is 7. The quantitative estimate of drug-likeness (QED) is 0.268. The number of piperidine rings is 1. The van der Waals surface area contributed by atoms with Gasteiger partial charge in [0.15, 0.2) is 6.29 Å². The highest BCUT2D eigenvalue weighted by atomic mass is 16.7. The number of imide groups is 1. The van der Waals surface area contributed by atoms with Crippen molar-refractivity contribution in [3.63, 3.8) is 0 Å². The summed E-state index contributed by atoms with van der Waals surface area (Å²) in [6, 6.07) is 22.1. The summed E-state index contributed by atoms with van der Waals surface area (Å²) in [6.07, 6.45) is 5.10. The lowest BCUT2D eigenvalue weighted by molar-refractivity contribution is -0.278. The van der Waals surface area contributed by atoms with Crippen LogP contribution in [0, 0.1) is 11.8 Å². The Morgan fingerprint density at radius 2 is 1.56 bits per heavy atom. The van der Waals surface area contributed by atoms with Gasteiger partial charge >= 0.3 is 0 Å². The van der Waals surface area contributed by atoms with Crippen LogP contribution in [0.3, 0.4) is 0 Å². The van der Waals surface area contributed by atoms with Crippen LogP contribution in [0.15, 0.2) is 72.8 Å². The molecule has 0 spiro atoms. The van der Waals surface area contributed by atoms with Gasteiger partial charge in [0, 0.05) is 29.6 Å². The van der Waals surface area contributed by atoms with Crippen LogP contribution in [-0.2, 0) is 20.9 Å². The smallest absolute Gasteiger partial charge is 0.266 e. The molecule has 7 rings (SSSR count). The van der Waals surface area contributed by atoms with Crippen molar-refractivity contribution in [1.82, 2.24) is 10.2 Å². The molecule has 3 heterocycles. The van der Waals surface area contributed by atoms with Crippen LogP contribution in [0.25, 0.3) is 0 Å². The van der Waals surface area contributed by atoms with Crippen molar-refractivity contribution < 1.29 is 29.0 Å². The maximum Gasteiger partial charge on any atom is 0.266 e. The molecule has 3 fully saturated rings. The molecule has 3 aromatic carbocycles. The number of carbonyl (C=O) groups is 3. The van der Waals surface area contributed by atoms with E-state index in [0.717, 1.165) is 36.8 Å². The normalized spacial score (nSPS) is 28.7. The zero-order chi connectivity index (χ0) is 35.2. The molecule has 1 aliphatic carbocycles. The first-order valence-electron chi connectivity index (χ1n) is 18.2. The number of benzene rings is 3. The Bertz CT molecular complexity index is 1700. The Morgan fingerprint density at radius 1 is 0.860 bits per heavy atom. The van der Waals surface area contributed by atoms with Gasteiger partial charge in [0.1, 0.15) is 0 Å². The molecule has 9 heteroatoms. The largest absolute Gasteiger partial charge is 0.392 e. The second-order valence-electron chi connectivity index (χ2n) is 15.5. The summed E-state index contributed by atoms with van der Waals surface area (Å²) in [4.78, 5) is 44.3. The van der Waals surface area contributed by atoms with Gasteiger partial charge < -0.3 is 19.9 Å². The van der Waals surface area contributed by atoms with Gasteiger partial charge in [-0.3, -0.25) is 19.3 Å². The fourth-order valence-electron chi connectivity index (χ4n) is 8.50. The molecule has 2 saturated heterocycles. The van der Waals surface area contributed by atoms with Gasteiger partial charge in [0.05, 0.1) is 41.7 Å². The van der Waals surface area contributed by atoms with Crippen LogP contribution in [0.2, 0.25) is 0 Å². The number of likely N-dealkylation sites (tertiary alicyclic amines) is 1. The van der Waals surface area contributed by atoms with Gasteiger partial charge in [0.25, 0.3) is 11.8 Å². The van der Waals surface area contributed by atoms with Crippen molar-refractivity contribution in [2.45, 2.75) is 109 Å². The van der Waals surface area contributed by atoms with Gasteiger partial charge in [-0.15, -0.1) is 0 Å². The Balaban J connectivity index is 1.22. The number of nitrogens with one attached hydrogen (secondary N) is 1. The first kappa shape index (κ1) is 34.6. The van der Waals surface area contributed by atoms with Crippen LogP contribution in [0.5, 0.6) is 0 Å². The molecule has 50 heavy (non-hydrogen) atoms. The minimum absolute atomic E-state index is 0.0458. The number of carbonyl (C=O) groups excluding carboxylic acids is 3. The van der Waals surface area contributed by atoms with Gasteiger partial charge in [-0.2, -0.15) is 0 Å². The maximum absolute atomic E-state index is 13.9. The highest BCUT2D eigenvalue weighted by Crippen LogP contribution is 2.45. The van der Waals surface area contributed by atoms with Crippen molar-refractivity contribution in [3.8, 4) is 0 Å². The first-order valence-corrected chi connectivity index (χ1v) is 18.2. The number of nitrogens with zero attached hydrogens (tertiary/aromatic N) is 2. The summed E-state index contributed by atoms with van der Waals surface area (Å²) in [5.74, 6) is -0.142. The zero-order valence-corrected chi connectivity index (χ0v) is 29.5. The summed E-state index contributed by atoms with van der Waals surface area (Å²) < 4.78 is 13.7. The van der Waals surface area contributed by atoms with E-state index >= 15 is 0 Å². The number of aliphatic hydroxyl groups excluding tert-OH is 1. The number of fused-ring (bicyclic) bond motifs is 2. The van der Waals surface area contributed by atoms with Crippen LogP contribution >= 0.6 is 0 Å². The number of ether oxygens (including phenoxy) is 2. The van der Waals surface area contributed by atoms with E-state index < -0.39 is 6.29 Å². The van der Waals surface area contributed by atoms with E-state index in [-0.39, 0.29) is 54.0 Å². The summed E-state index contributed by atoms with van der Waals surface area (Å²) in [5.41, 5.74) is 3.39. The standard InChI is InChI=1S/C41H49N3O6/c1-25-35(23-43-33-15-8-5-10-27(33)20-21-34(43)37(46)42-41(2,3)4)49-40(50-36(25)28-18-16-26(24-45)17-19-28)29-11-9-12-30(22-29)44-38(47)31-13-6-7-14-32(31)39(44)48/h6-7,9,11-14,16-19,22,25,27,33-36,40,45H,5,8,10,15,20-21,23-24H2,1-4H3,(H,42,46)/t25-,27-,33-,34-,35+,36+,40+/m1/s1. The molecule has 3 aromatic rings. The second kappa shape index (κ2) is 14.0. The molecule has 264 valence electrons. The number of aliphatic hydroxyl groups is 1. The summed E-state index contributed by atoms with van der Waals surface area (Å²) in [6.45, 7) is 8.76. The lowest BCUT2D eigenvalue weighted by atomic mass is 9.75. The molecule has 0 radical (unpaired) electrons. The molecule has 1 saturated carbocycles. The van der Waals surface area contributed by atoms with Gasteiger partial charge in [-0.1, -0.05) is 68.3 Å². The van der Waals surface area contributed by atoms with E-state index in [4.69, 9.17) is 9.47 Å².